The molecule has 1 aromatic rings. The molecule has 1 saturated heterocycles. The molecule has 3 aliphatic rings. The lowest BCUT2D eigenvalue weighted by Gasteiger charge is -2.27. The highest BCUT2D eigenvalue weighted by Crippen LogP contribution is 2.51. The molecule has 5 heteroatoms. The molecule has 2 heterocycles. The van der Waals surface area contributed by atoms with Gasteiger partial charge in [0.25, 0.3) is 11.8 Å². The van der Waals surface area contributed by atoms with Gasteiger partial charge in [-0.1, -0.05) is 18.6 Å². The van der Waals surface area contributed by atoms with Crippen LogP contribution in [0.15, 0.2) is 24.3 Å². The van der Waals surface area contributed by atoms with Gasteiger partial charge in [0.2, 0.25) is 0 Å². The second-order valence-corrected chi connectivity index (χ2v) is 11.7. The number of amides is 2. The van der Waals surface area contributed by atoms with Crippen molar-refractivity contribution >= 4 is 20.1 Å². The summed E-state index contributed by atoms with van der Waals surface area (Å²) < 4.78 is 6.37. The van der Waals surface area contributed by atoms with Gasteiger partial charge >= 0.3 is 0 Å². The molecule has 4 nitrogen and oxygen atoms in total. The zero-order valence-corrected chi connectivity index (χ0v) is 14.7. The first-order chi connectivity index (χ1) is 11.0. The first-order valence-corrected chi connectivity index (χ1v) is 11.6. The summed E-state index contributed by atoms with van der Waals surface area (Å²) in [6.45, 7) is 5.11. The van der Waals surface area contributed by atoms with E-state index in [1.165, 1.54) is 24.2 Å². The van der Waals surface area contributed by atoms with Gasteiger partial charge in [0.1, 0.15) is 0 Å². The second kappa shape index (κ2) is 5.28. The summed E-state index contributed by atoms with van der Waals surface area (Å²) in [6, 6.07) is 7.13. The van der Waals surface area contributed by atoms with Crippen molar-refractivity contribution in [2.24, 2.45) is 5.92 Å². The fourth-order valence-electron chi connectivity index (χ4n) is 4.83. The Hall–Kier alpha value is -1.46. The van der Waals surface area contributed by atoms with E-state index in [1.807, 2.05) is 12.1 Å². The maximum absolute atomic E-state index is 12.5. The summed E-state index contributed by atoms with van der Waals surface area (Å²) in [5, 5.41) is 0. The van der Waals surface area contributed by atoms with Crippen molar-refractivity contribution in [1.29, 1.82) is 0 Å². The quantitative estimate of drug-likeness (QED) is 0.630. The first-order valence-electron chi connectivity index (χ1n) is 8.62. The van der Waals surface area contributed by atoms with E-state index in [-0.39, 0.29) is 11.8 Å². The van der Waals surface area contributed by atoms with Crippen LogP contribution in [-0.2, 0) is 4.43 Å². The normalized spacial score (nSPS) is 31.6. The van der Waals surface area contributed by atoms with Crippen molar-refractivity contribution < 1.29 is 14.0 Å². The maximum Gasteiger partial charge on any atom is 0.261 e. The summed E-state index contributed by atoms with van der Waals surface area (Å²) in [7, 11) is -1.71. The molecule has 2 aliphatic heterocycles. The third-order valence-corrected chi connectivity index (χ3v) is 9.32. The summed E-state index contributed by atoms with van der Waals surface area (Å²) >= 11 is 0. The molecule has 2 fully saturated rings. The van der Waals surface area contributed by atoms with E-state index in [1.54, 1.807) is 12.1 Å². The fraction of sp³-hybridized carbons (Fsp3) is 0.556. The molecule has 23 heavy (non-hydrogen) atoms. The van der Waals surface area contributed by atoms with Crippen LogP contribution in [0.25, 0.3) is 0 Å². The van der Waals surface area contributed by atoms with Crippen molar-refractivity contribution in [3.63, 3.8) is 0 Å². The van der Waals surface area contributed by atoms with Gasteiger partial charge in [0.15, 0.2) is 8.32 Å². The molecule has 1 saturated carbocycles. The number of imide groups is 1. The SMILES string of the molecule is C[Si]1(C)O[C@H]2CCC[C@H]2C1CCN1C(=O)c2ccccc2C1=O. The standard InChI is InChI=1S/C18H23NO3Si/c1-23(2)16(14-8-5-9-15(14)22-23)10-11-19-17(20)12-6-3-4-7-13(12)18(19)21/h3-4,6-7,14-16H,5,8-11H2,1-2H3/t14-,15+,16?/m1/s1. The van der Waals surface area contributed by atoms with Crippen LogP contribution in [0.1, 0.15) is 46.4 Å². The Morgan fingerprint density at radius 1 is 1.13 bits per heavy atom. The number of benzene rings is 1. The minimum absolute atomic E-state index is 0.132. The van der Waals surface area contributed by atoms with Gasteiger partial charge in [-0.2, -0.15) is 0 Å². The molecule has 4 rings (SSSR count). The lowest BCUT2D eigenvalue weighted by atomic mass is 9.99. The molecule has 2 amide bonds. The van der Waals surface area contributed by atoms with Crippen molar-refractivity contribution in [2.45, 2.75) is 50.4 Å². The molecule has 0 radical (unpaired) electrons. The lowest BCUT2D eigenvalue weighted by molar-refractivity contribution is 0.0650. The summed E-state index contributed by atoms with van der Waals surface area (Å²) in [6.07, 6.45) is 5.01. The Balaban J connectivity index is 1.50. The van der Waals surface area contributed by atoms with Crippen LogP contribution in [-0.4, -0.2) is 37.7 Å². The van der Waals surface area contributed by atoms with Crippen LogP contribution in [0.5, 0.6) is 0 Å². The van der Waals surface area contributed by atoms with Crippen LogP contribution >= 0.6 is 0 Å². The van der Waals surface area contributed by atoms with E-state index < -0.39 is 8.32 Å². The number of hydrogen-bond acceptors (Lipinski definition) is 3. The number of rotatable bonds is 3. The predicted octanol–water partition coefficient (Wildman–Crippen LogP) is 3.45. The van der Waals surface area contributed by atoms with Crippen LogP contribution in [0.2, 0.25) is 18.6 Å². The van der Waals surface area contributed by atoms with E-state index >= 15 is 0 Å². The third kappa shape index (κ3) is 2.29. The van der Waals surface area contributed by atoms with Crippen molar-refractivity contribution in [3.8, 4) is 0 Å². The second-order valence-electron chi connectivity index (χ2n) is 7.56. The highest BCUT2D eigenvalue weighted by atomic mass is 28.4. The van der Waals surface area contributed by atoms with Gasteiger partial charge in [-0.05, 0) is 55.9 Å². The van der Waals surface area contributed by atoms with Crippen molar-refractivity contribution in [2.75, 3.05) is 6.54 Å². The predicted molar refractivity (Wildman–Crippen MR) is 89.9 cm³/mol. The summed E-state index contributed by atoms with van der Waals surface area (Å²) in [4.78, 5) is 26.4. The third-order valence-electron chi connectivity index (χ3n) is 5.91. The Bertz CT molecular complexity index is 637. The van der Waals surface area contributed by atoms with Crippen LogP contribution in [0.4, 0.5) is 0 Å². The zero-order valence-electron chi connectivity index (χ0n) is 13.7. The fourth-order valence-corrected chi connectivity index (χ4v) is 8.31. The zero-order chi connectivity index (χ0) is 16.2. The van der Waals surface area contributed by atoms with Crippen LogP contribution in [0.3, 0.4) is 0 Å². The number of hydrogen-bond donors (Lipinski definition) is 0. The van der Waals surface area contributed by atoms with Gasteiger partial charge in [-0.25, -0.2) is 0 Å². The molecule has 0 aromatic heterocycles. The van der Waals surface area contributed by atoms with Gasteiger partial charge in [-0.15, -0.1) is 0 Å². The molecule has 0 spiro atoms. The summed E-state index contributed by atoms with van der Waals surface area (Å²) in [5.41, 5.74) is 1.66. The van der Waals surface area contributed by atoms with E-state index in [2.05, 4.69) is 13.1 Å². The van der Waals surface area contributed by atoms with Gasteiger partial charge < -0.3 is 4.43 Å². The molecule has 1 unspecified atom stereocenters. The Kier molecular flexibility index (Phi) is 3.46. The molecule has 0 bridgehead atoms. The number of carbonyl (C=O) groups is 2. The Morgan fingerprint density at radius 3 is 2.43 bits per heavy atom. The van der Waals surface area contributed by atoms with Gasteiger partial charge in [-0.3, -0.25) is 14.5 Å². The van der Waals surface area contributed by atoms with E-state index in [9.17, 15) is 9.59 Å². The Labute approximate surface area is 137 Å². The highest BCUT2D eigenvalue weighted by Gasteiger charge is 2.52. The van der Waals surface area contributed by atoms with Crippen LogP contribution in [0, 0.1) is 5.92 Å². The topological polar surface area (TPSA) is 46.6 Å². The molecule has 1 aromatic carbocycles. The van der Waals surface area contributed by atoms with Crippen molar-refractivity contribution in [3.05, 3.63) is 35.4 Å². The van der Waals surface area contributed by atoms with Gasteiger partial charge in [0, 0.05) is 12.6 Å². The van der Waals surface area contributed by atoms with E-state index in [4.69, 9.17) is 4.43 Å². The lowest BCUT2D eigenvalue weighted by Crippen LogP contribution is -2.37. The van der Waals surface area contributed by atoms with E-state index in [0.717, 1.165) is 6.42 Å². The smallest absolute Gasteiger partial charge is 0.261 e. The monoisotopic (exact) mass is 329 g/mol. The largest absolute Gasteiger partial charge is 0.414 e. The number of nitrogens with zero attached hydrogens (tertiary/aromatic N) is 1. The average molecular weight is 329 g/mol. The van der Waals surface area contributed by atoms with E-state index in [0.29, 0.717) is 35.2 Å². The number of carbonyl (C=O) groups excluding carboxylic acids is 2. The maximum atomic E-state index is 12.5. The van der Waals surface area contributed by atoms with Gasteiger partial charge in [0.05, 0.1) is 11.1 Å². The Morgan fingerprint density at radius 2 is 1.78 bits per heavy atom. The molecule has 3 atom stereocenters. The molecular formula is C18H23NO3Si. The number of fused-ring (bicyclic) bond motifs is 2. The minimum atomic E-state index is -1.71. The molecule has 122 valence electrons. The minimum Gasteiger partial charge on any atom is -0.414 e. The van der Waals surface area contributed by atoms with Crippen LogP contribution < -0.4 is 0 Å². The highest BCUT2D eigenvalue weighted by molar-refractivity contribution is 6.73. The molecule has 1 aliphatic carbocycles. The first kappa shape index (κ1) is 15.1. The van der Waals surface area contributed by atoms with Crippen molar-refractivity contribution in [1.82, 2.24) is 4.90 Å². The molecular weight excluding hydrogens is 306 g/mol. The molecule has 0 N–H and O–H groups in total. The average Bonchev–Trinajstić information content (AvgIpc) is 3.12. The summed E-state index contributed by atoms with van der Waals surface area (Å²) in [5.74, 6) is 0.380.